The maximum Gasteiger partial charge on any atom is 0.234 e. The van der Waals surface area contributed by atoms with Crippen molar-refractivity contribution in [2.75, 3.05) is 12.3 Å². The number of nitrogens with two attached hydrogens (primary N) is 4. The zero-order valence-electron chi connectivity index (χ0n) is 15.8. The molecule has 28 heavy (non-hydrogen) atoms. The van der Waals surface area contributed by atoms with Gasteiger partial charge in [0.25, 0.3) is 0 Å². The van der Waals surface area contributed by atoms with E-state index in [9.17, 15) is 9.18 Å². The number of aryl methyl sites for hydroxylation is 1. The number of benzene rings is 2. The maximum absolute atomic E-state index is 13.1. The molecule has 3 aromatic rings. The Bertz CT molecular complexity index is 943. The largest absolute Gasteiger partial charge is 0.399 e. The molecule has 6 nitrogen and oxygen atoms in total. The zero-order chi connectivity index (χ0) is 20.7. The molecule has 3 rings (SSSR count). The van der Waals surface area contributed by atoms with Gasteiger partial charge in [-0.1, -0.05) is 6.42 Å². The van der Waals surface area contributed by atoms with Gasteiger partial charge >= 0.3 is 0 Å². The summed E-state index contributed by atoms with van der Waals surface area (Å²) in [6.45, 7) is 2.61. The van der Waals surface area contributed by atoms with Crippen LogP contribution in [0, 0.1) is 12.7 Å². The quantitative estimate of drug-likeness (QED) is 0.371. The summed E-state index contributed by atoms with van der Waals surface area (Å²) in [6, 6.07) is 10.00. The Morgan fingerprint density at radius 3 is 2.61 bits per heavy atom. The summed E-state index contributed by atoms with van der Waals surface area (Å²) in [7, 11) is 0. The molecule has 1 heterocycles. The van der Waals surface area contributed by atoms with Gasteiger partial charge in [0.05, 0.1) is 16.3 Å². The second-order valence-corrected chi connectivity index (χ2v) is 7.53. The van der Waals surface area contributed by atoms with Crippen LogP contribution < -0.4 is 22.9 Å². The number of hydrogen-bond acceptors (Lipinski definition) is 6. The number of thiazole rings is 1. The number of nitrogens with zero attached hydrogens (tertiary/aromatic N) is 1. The fourth-order valence-corrected chi connectivity index (χ4v) is 3.43. The van der Waals surface area contributed by atoms with Crippen LogP contribution >= 0.6 is 11.3 Å². The molecule has 0 saturated carbocycles. The third-order valence-electron chi connectivity index (χ3n) is 4.20. The third kappa shape index (κ3) is 5.98. The lowest BCUT2D eigenvalue weighted by Crippen LogP contribution is -2.36. The maximum atomic E-state index is 13.1. The number of fused-ring (bicyclic) bond motifs is 1. The van der Waals surface area contributed by atoms with Gasteiger partial charge in [-0.25, -0.2) is 9.37 Å². The number of halogens is 1. The summed E-state index contributed by atoms with van der Waals surface area (Å²) >= 11 is 1.56. The number of amides is 1. The van der Waals surface area contributed by atoms with Crippen molar-refractivity contribution in [3.63, 3.8) is 0 Å². The lowest BCUT2D eigenvalue weighted by Gasteiger charge is -2.04. The van der Waals surface area contributed by atoms with Gasteiger partial charge in [-0.05, 0) is 62.2 Å². The van der Waals surface area contributed by atoms with E-state index in [4.69, 9.17) is 22.9 Å². The van der Waals surface area contributed by atoms with Crippen LogP contribution in [-0.4, -0.2) is 23.5 Å². The Morgan fingerprint density at radius 2 is 1.96 bits per heavy atom. The highest BCUT2D eigenvalue weighted by Crippen LogP contribution is 2.31. The molecular weight excluding hydrogens is 377 g/mol. The molecule has 0 unspecified atom stereocenters. The van der Waals surface area contributed by atoms with Crippen LogP contribution in [0.5, 0.6) is 0 Å². The van der Waals surface area contributed by atoms with E-state index in [1.165, 1.54) is 12.1 Å². The number of nitrogen functional groups attached to an aromatic ring is 1. The van der Waals surface area contributed by atoms with Gasteiger partial charge in [0.1, 0.15) is 10.8 Å². The van der Waals surface area contributed by atoms with Gasteiger partial charge < -0.3 is 22.9 Å². The number of hydrogen-bond donors (Lipinski definition) is 4. The molecule has 0 aliphatic heterocycles. The zero-order valence-corrected chi connectivity index (χ0v) is 16.6. The third-order valence-corrected chi connectivity index (χ3v) is 5.29. The van der Waals surface area contributed by atoms with Crippen molar-refractivity contribution in [1.82, 2.24) is 4.98 Å². The number of carbonyl (C=O) groups is 1. The highest BCUT2D eigenvalue weighted by atomic mass is 32.1. The first-order valence-electron chi connectivity index (χ1n) is 8.99. The molecule has 8 heteroatoms. The van der Waals surface area contributed by atoms with Crippen LogP contribution in [0.3, 0.4) is 0 Å². The Kier molecular flexibility index (Phi) is 7.86. The molecule has 1 amide bonds. The molecule has 8 N–H and O–H groups in total. The number of unbranched alkanes of at least 4 members (excludes halogenated alkanes) is 1. The number of carbonyl (C=O) groups excluding carboxylic acids is 1. The summed E-state index contributed by atoms with van der Waals surface area (Å²) in [4.78, 5) is 14.8. The van der Waals surface area contributed by atoms with E-state index in [1.54, 1.807) is 17.4 Å². The lowest BCUT2D eigenvalue weighted by molar-refractivity contribution is -0.119. The van der Waals surface area contributed by atoms with Gasteiger partial charge in [-0.15, -0.1) is 11.3 Å². The Hall–Kier alpha value is -2.55. The van der Waals surface area contributed by atoms with Crippen molar-refractivity contribution in [3.05, 3.63) is 47.8 Å². The number of anilines is 1. The minimum Gasteiger partial charge on any atom is -0.399 e. The van der Waals surface area contributed by atoms with Crippen molar-refractivity contribution in [2.45, 2.75) is 32.2 Å². The van der Waals surface area contributed by atoms with Crippen molar-refractivity contribution >= 4 is 33.1 Å². The summed E-state index contributed by atoms with van der Waals surface area (Å²) in [6.07, 6.45) is 2.42. The molecule has 2 aromatic carbocycles. The average molecular weight is 404 g/mol. The molecular formula is C20H26FN5OS. The lowest BCUT2D eigenvalue weighted by atomic mass is 10.1. The first kappa shape index (κ1) is 21.7. The van der Waals surface area contributed by atoms with Crippen LogP contribution in [0.4, 0.5) is 10.1 Å². The van der Waals surface area contributed by atoms with Crippen LogP contribution in [0.2, 0.25) is 0 Å². The summed E-state index contributed by atoms with van der Waals surface area (Å²) in [5.41, 5.74) is 24.8. The smallest absolute Gasteiger partial charge is 0.234 e. The van der Waals surface area contributed by atoms with Crippen LogP contribution in [-0.2, 0) is 4.79 Å². The number of rotatable bonds is 6. The Balaban J connectivity index is 0.000000242. The summed E-state index contributed by atoms with van der Waals surface area (Å²) in [5, 5.41) is 0.888. The normalized spacial score (nSPS) is 11.7. The second-order valence-electron chi connectivity index (χ2n) is 6.50. The van der Waals surface area contributed by atoms with Crippen molar-refractivity contribution < 1.29 is 9.18 Å². The molecule has 0 spiro atoms. The van der Waals surface area contributed by atoms with Crippen LogP contribution in [0.25, 0.3) is 20.8 Å². The molecule has 150 valence electrons. The van der Waals surface area contributed by atoms with Crippen molar-refractivity contribution in [1.29, 1.82) is 0 Å². The molecule has 0 aliphatic carbocycles. The average Bonchev–Trinajstić information content (AvgIpc) is 3.07. The van der Waals surface area contributed by atoms with Gasteiger partial charge in [0.15, 0.2) is 0 Å². The second kappa shape index (κ2) is 10.1. The standard InChI is InChI=1S/C14H11FN2S.C6H15N3O/c1-8-6-9(2-4-11(8)16)14-17-12-7-10(15)3-5-13(12)18-14;7-4-2-1-3-5(8)6(9)10/h2-7H,16H2,1H3;5H,1-4,7-8H2,(H2,9,10)/t;5-/m.0/s1. The topological polar surface area (TPSA) is 134 Å². The van der Waals surface area contributed by atoms with Crippen LogP contribution in [0.1, 0.15) is 24.8 Å². The minimum atomic E-state index is -0.494. The van der Waals surface area contributed by atoms with Crippen molar-refractivity contribution in [2.24, 2.45) is 17.2 Å². The Morgan fingerprint density at radius 1 is 1.21 bits per heavy atom. The molecule has 0 saturated heterocycles. The molecule has 0 fully saturated rings. The van der Waals surface area contributed by atoms with E-state index in [2.05, 4.69) is 4.98 Å². The van der Waals surface area contributed by atoms with E-state index in [0.29, 0.717) is 18.5 Å². The van der Waals surface area contributed by atoms with E-state index < -0.39 is 11.9 Å². The number of primary amides is 1. The first-order chi connectivity index (χ1) is 13.3. The predicted molar refractivity (Wildman–Crippen MR) is 114 cm³/mol. The molecule has 1 aromatic heterocycles. The van der Waals surface area contributed by atoms with Crippen molar-refractivity contribution in [3.8, 4) is 10.6 Å². The Labute approximate surface area is 167 Å². The fraction of sp³-hybridized carbons (Fsp3) is 0.300. The first-order valence-corrected chi connectivity index (χ1v) is 9.81. The minimum absolute atomic E-state index is 0.257. The van der Waals surface area contributed by atoms with E-state index >= 15 is 0 Å². The highest BCUT2D eigenvalue weighted by Gasteiger charge is 2.08. The molecule has 0 bridgehead atoms. The molecule has 0 radical (unpaired) electrons. The van der Waals surface area contributed by atoms with Gasteiger partial charge in [-0.2, -0.15) is 0 Å². The monoisotopic (exact) mass is 403 g/mol. The van der Waals surface area contributed by atoms with Gasteiger partial charge in [0, 0.05) is 17.3 Å². The fourth-order valence-electron chi connectivity index (χ4n) is 2.48. The van der Waals surface area contributed by atoms with E-state index in [1.807, 2.05) is 25.1 Å². The van der Waals surface area contributed by atoms with E-state index in [0.717, 1.165) is 39.4 Å². The predicted octanol–water partition coefficient (Wildman–Crippen LogP) is 2.92. The SMILES string of the molecule is Cc1cc(-c2nc3cc(F)ccc3s2)ccc1N.NCCCC[C@H](N)C(N)=O. The highest BCUT2D eigenvalue weighted by molar-refractivity contribution is 7.21. The molecule has 1 atom stereocenters. The summed E-state index contributed by atoms with van der Waals surface area (Å²) in [5.74, 6) is -0.690. The van der Waals surface area contributed by atoms with E-state index in [-0.39, 0.29) is 5.82 Å². The molecule has 0 aliphatic rings. The summed E-state index contributed by atoms with van der Waals surface area (Å²) < 4.78 is 14.1. The van der Waals surface area contributed by atoms with Gasteiger partial charge in [-0.3, -0.25) is 4.79 Å². The van der Waals surface area contributed by atoms with Gasteiger partial charge in [0.2, 0.25) is 5.91 Å². The van der Waals surface area contributed by atoms with Crippen LogP contribution in [0.15, 0.2) is 36.4 Å². The number of aromatic nitrogens is 1.